The van der Waals surface area contributed by atoms with E-state index in [1.54, 1.807) is 0 Å². The number of carbonyl (C=O) groups is 1. The minimum absolute atomic E-state index is 0.218. The Kier molecular flexibility index (Phi) is 3.17. The van der Waals surface area contributed by atoms with Gasteiger partial charge in [-0.2, -0.15) is 0 Å². The lowest BCUT2D eigenvalue weighted by Crippen LogP contribution is -2.36. The van der Waals surface area contributed by atoms with Gasteiger partial charge >= 0.3 is 5.97 Å². The van der Waals surface area contributed by atoms with Crippen LogP contribution in [0.25, 0.3) is 0 Å². The van der Waals surface area contributed by atoms with Crippen LogP contribution >= 0.6 is 45.2 Å². The van der Waals surface area contributed by atoms with Crippen molar-refractivity contribution in [3.8, 4) is 0 Å². The zero-order valence-corrected chi connectivity index (χ0v) is 9.37. The smallest absolute Gasteiger partial charge is 0.321 e. The molecule has 0 amide bonds. The van der Waals surface area contributed by atoms with Crippen LogP contribution in [-0.2, 0) is 4.79 Å². The van der Waals surface area contributed by atoms with Gasteiger partial charge in [0.25, 0.3) is 0 Å². The topological polar surface area (TPSA) is 49.3 Å². The van der Waals surface area contributed by atoms with Crippen molar-refractivity contribution in [2.45, 2.75) is 13.9 Å². The zero-order valence-electron chi connectivity index (χ0n) is 5.05. The number of carboxylic acid groups (broad SMARTS) is 1. The zero-order chi connectivity index (χ0) is 7.72. The number of nitrogens with one attached hydrogen (secondary N) is 1. The van der Waals surface area contributed by atoms with Gasteiger partial charge in [-0.1, -0.05) is 45.2 Å². The van der Waals surface area contributed by atoms with Crippen molar-refractivity contribution in [2.75, 3.05) is 6.54 Å². The Morgan fingerprint density at radius 3 is 2.40 bits per heavy atom. The van der Waals surface area contributed by atoms with Gasteiger partial charge in [-0.05, 0) is 0 Å². The third kappa shape index (κ3) is 1.73. The molecule has 3 atom stereocenters. The molecule has 1 aliphatic rings. The Morgan fingerprint density at radius 1 is 1.60 bits per heavy atom. The van der Waals surface area contributed by atoms with Gasteiger partial charge in [0.2, 0.25) is 0 Å². The summed E-state index contributed by atoms with van der Waals surface area (Å²) >= 11 is 4.46. The summed E-state index contributed by atoms with van der Waals surface area (Å²) in [5.41, 5.74) is 0. The maximum absolute atomic E-state index is 10.5. The number of aliphatic carboxylic acids is 1. The van der Waals surface area contributed by atoms with Crippen molar-refractivity contribution < 1.29 is 9.90 Å². The van der Waals surface area contributed by atoms with Crippen LogP contribution in [0.1, 0.15) is 0 Å². The van der Waals surface area contributed by atoms with Gasteiger partial charge in [-0.3, -0.25) is 4.79 Å². The molecule has 0 aliphatic carbocycles. The molecule has 1 heterocycles. The molecule has 0 bridgehead atoms. The van der Waals surface area contributed by atoms with Crippen LogP contribution in [0.3, 0.4) is 0 Å². The van der Waals surface area contributed by atoms with E-state index in [1.807, 2.05) is 0 Å². The Morgan fingerprint density at radius 2 is 2.20 bits per heavy atom. The van der Waals surface area contributed by atoms with E-state index in [4.69, 9.17) is 5.11 Å². The summed E-state index contributed by atoms with van der Waals surface area (Å²) in [5.74, 6) is -0.737. The van der Waals surface area contributed by atoms with E-state index < -0.39 is 5.97 Å². The van der Waals surface area contributed by atoms with Crippen molar-refractivity contribution in [1.82, 2.24) is 5.32 Å². The van der Waals surface area contributed by atoms with Crippen molar-refractivity contribution in [1.29, 1.82) is 0 Å². The van der Waals surface area contributed by atoms with Gasteiger partial charge in [0, 0.05) is 10.5 Å². The second-order valence-electron chi connectivity index (χ2n) is 2.18. The molecule has 1 aliphatic heterocycles. The summed E-state index contributed by atoms with van der Waals surface area (Å²) in [7, 11) is 0. The van der Waals surface area contributed by atoms with E-state index in [1.165, 1.54) is 0 Å². The lowest BCUT2D eigenvalue weighted by molar-refractivity contribution is -0.138. The predicted molar refractivity (Wildman–Crippen MR) is 55.0 cm³/mol. The maximum Gasteiger partial charge on any atom is 0.321 e. The van der Waals surface area contributed by atoms with E-state index >= 15 is 0 Å². The highest BCUT2D eigenvalue weighted by atomic mass is 127. The molecule has 0 radical (unpaired) electrons. The lowest BCUT2D eigenvalue weighted by atomic mass is 10.2. The maximum atomic E-state index is 10.5. The molecule has 0 spiro atoms. The first kappa shape index (κ1) is 8.98. The third-order valence-electron chi connectivity index (χ3n) is 1.46. The quantitative estimate of drug-likeness (QED) is 0.529. The molecule has 10 heavy (non-hydrogen) atoms. The van der Waals surface area contributed by atoms with Crippen LogP contribution in [-0.4, -0.2) is 31.5 Å². The highest BCUT2D eigenvalue weighted by molar-refractivity contribution is 14.1. The van der Waals surface area contributed by atoms with E-state index in [9.17, 15) is 4.79 Å². The molecular weight excluding hydrogens is 360 g/mol. The molecular formula is C5H7I2NO2. The monoisotopic (exact) mass is 367 g/mol. The molecule has 5 heteroatoms. The first-order valence-corrected chi connectivity index (χ1v) is 5.36. The summed E-state index contributed by atoms with van der Waals surface area (Å²) in [6, 6.07) is -0.345. The van der Waals surface area contributed by atoms with E-state index in [-0.39, 0.29) is 9.97 Å². The molecule has 2 unspecified atom stereocenters. The molecule has 58 valence electrons. The fourth-order valence-corrected chi connectivity index (χ4v) is 2.38. The van der Waals surface area contributed by atoms with Crippen molar-refractivity contribution in [3.05, 3.63) is 0 Å². The Balaban J connectivity index is 2.57. The van der Waals surface area contributed by atoms with Crippen LogP contribution in [0.5, 0.6) is 0 Å². The number of rotatable bonds is 1. The van der Waals surface area contributed by atoms with E-state index in [0.717, 1.165) is 6.54 Å². The summed E-state index contributed by atoms with van der Waals surface area (Å²) < 4.78 is 0.662. The molecule has 0 aromatic heterocycles. The molecule has 1 fully saturated rings. The van der Waals surface area contributed by atoms with Gasteiger partial charge in [0.1, 0.15) is 6.04 Å². The number of hydrogen-bond acceptors (Lipinski definition) is 2. The third-order valence-corrected chi connectivity index (χ3v) is 5.64. The minimum atomic E-state index is -0.737. The van der Waals surface area contributed by atoms with Gasteiger partial charge in [-0.25, -0.2) is 0 Å². The fourth-order valence-electron chi connectivity index (χ4n) is 0.897. The molecule has 2 N–H and O–H groups in total. The van der Waals surface area contributed by atoms with Crippen molar-refractivity contribution >= 4 is 51.2 Å². The average molecular weight is 367 g/mol. The summed E-state index contributed by atoms with van der Waals surface area (Å²) in [4.78, 5) is 10.5. The lowest BCUT2D eigenvalue weighted by Gasteiger charge is -2.08. The number of alkyl halides is 2. The highest BCUT2D eigenvalue weighted by Gasteiger charge is 2.36. The largest absolute Gasteiger partial charge is 0.480 e. The van der Waals surface area contributed by atoms with Crippen molar-refractivity contribution in [3.63, 3.8) is 0 Å². The minimum Gasteiger partial charge on any atom is -0.480 e. The average Bonchev–Trinajstić information content (AvgIpc) is 2.14. The normalized spacial score (nSPS) is 40.0. The number of hydrogen-bond donors (Lipinski definition) is 2. The molecule has 0 aromatic rings. The van der Waals surface area contributed by atoms with Crippen LogP contribution in [0.4, 0.5) is 0 Å². The summed E-state index contributed by atoms with van der Waals surface area (Å²) in [6.07, 6.45) is 0. The standard InChI is InChI=1S/C5H7I2NO2/c6-2-1-8-4(3(2)7)5(9)10/h2-4,8H,1H2,(H,9,10)/t2?,3?,4-/m0/s1. The molecule has 1 saturated heterocycles. The highest BCUT2D eigenvalue weighted by Crippen LogP contribution is 2.23. The van der Waals surface area contributed by atoms with Crippen LogP contribution in [0, 0.1) is 0 Å². The van der Waals surface area contributed by atoms with Gasteiger partial charge < -0.3 is 10.4 Å². The molecule has 3 nitrogen and oxygen atoms in total. The SMILES string of the molecule is O=C(O)[C@H]1NCC(I)C1I. The van der Waals surface area contributed by atoms with Crippen LogP contribution in [0.15, 0.2) is 0 Å². The molecule has 1 rings (SSSR count). The van der Waals surface area contributed by atoms with Gasteiger partial charge in [0.15, 0.2) is 0 Å². The molecule has 0 saturated carbocycles. The number of carboxylic acids is 1. The Labute approximate surface area is 86.2 Å². The predicted octanol–water partition coefficient (Wildman–Crippen LogP) is 0.650. The molecule has 0 aromatic carbocycles. The first-order valence-electron chi connectivity index (χ1n) is 2.87. The summed E-state index contributed by atoms with van der Waals surface area (Å²) in [5, 5.41) is 11.6. The van der Waals surface area contributed by atoms with Crippen molar-refractivity contribution in [2.24, 2.45) is 0 Å². The van der Waals surface area contributed by atoms with Gasteiger partial charge in [0.05, 0.1) is 3.92 Å². The van der Waals surface area contributed by atoms with Gasteiger partial charge in [-0.15, -0.1) is 0 Å². The second kappa shape index (κ2) is 3.53. The number of halogens is 2. The van der Waals surface area contributed by atoms with E-state index in [2.05, 4.69) is 50.5 Å². The van der Waals surface area contributed by atoms with E-state index in [0.29, 0.717) is 3.92 Å². The fraction of sp³-hybridized carbons (Fsp3) is 0.800. The van der Waals surface area contributed by atoms with Crippen LogP contribution in [0.2, 0.25) is 0 Å². The summed E-state index contributed by atoms with van der Waals surface area (Å²) in [6.45, 7) is 0.811. The van der Waals surface area contributed by atoms with Crippen LogP contribution < -0.4 is 5.32 Å². The Hall–Kier alpha value is 0.890. The Bertz CT molecular complexity index is 153. The first-order chi connectivity index (χ1) is 4.63. The second-order valence-corrected chi connectivity index (χ2v) is 5.22.